The lowest BCUT2D eigenvalue weighted by atomic mass is 9.68. The highest BCUT2D eigenvalue weighted by molar-refractivity contribution is 7.89. The summed E-state index contributed by atoms with van der Waals surface area (Å²) in [7, 11) is -3.75. The maximum Gasteiger partial charge on any atom is 0.335 e. The van der Waals surface area contributed by atoms with E-state index in [0.29, 0.717) is 43.3 Å². The largest absolute Gasteiger partial charge is 0.490 e. The predicted molar refractivity (Wildman–Crippen MR) is 169 cm³/mol. The summed E-state index contributed by atoms with van der Waals surface area (Å²) in [4.78, 5) is 14.2. The Labute approximate surface area is 263 Å². The first-order valence-electron chi connectivity index (χ1n) is 15.5. The smallest absolute Gasteiger partial charge is 0.335 e. The number of aliphatic hydroxyl groups excluding tert-OH is 2. The van der Waals surface area contributed by atoms with Crippen molar-refractivity contribution < 1.29 is 33.3 Å². The number of primary sulfonamides is 1. The monoisotopic (exact) mass is 644 g/mol. The summed E-state index contributed by atoms with van der Waals surface area (Å²) in [6.07, 6.45) is 7.83. The van der Waals surface area contributed by atoms with Crippen LogP contribution in [-0.2, 0) is 21.9 Å². The number of aliphatic hydroxyl groups is 2. The Bertz CT molecular complexity index is 1550. The molecule has 4 aliphatic rings. The molecular weight excluding hydrogens is 604 g/mol. The number of hydrogen-bond acceptors (Lipinski definition) is 7. The summed E-state index contributed by atoms with van der Waals surface area (Å²) in [6.45, 7) is 1.78. The van der Waals surface area contributed by atoms with Crippen molar-refractivity contribution in [2.75, 3.05) is 24.6 Å². The minimum absolute atomic E-state index is 0.0122. The number of benzene rings is 2. The van der Waals surface area contributed by atoms with E-state index in [-0.39, 0.29) is 35.2 Å². The van der Waals surface area contributed by atoms with Crippen molar-refractivity contribution in [1.29, 1.82) is 0 Å². The number of aromatic carboxylic acids is 1. The molecule has 2 fully saturated rings. The van der Waals surface area contributed by atoms with Gasteiger partial charge in [0.15, 0.2) is 0 Å². The number of allylic oxidation sites excluding steroid dienone is 1. The minimum atomic E-state index is -3.75. The maximum absolute atomic E-state index is 12.0. The Balaban J connectivity index is 1.22. The van der Waals surface area contributed by atoms with E-state index < -0.39 is 33.5 Å². The van der Waals surface area contributed by atoms with Crippen molar-refractivity contribution in [3.8, 4) is 5.75 Å². The lowest BCUT2D eigenvalue weighted by Gasteiger charge is -2.45. The van der Waals surface area contributed by atoms with E-state index in [9.17, 15) is 28.5 Å². The lowest BCUT2D eigenvalue weighted by molar-refractivity contribution is 0.0455. The van der Waals surface area contributed by atoms with Gasteiger partial charge in [-0.15, -0.1) is 0 Å². The molecule has 2 saturated carbocycles. The molecule has 2 aromatic rings. The van der Waals surface area contributed by atoms with Gasteiger partial charge in [-0.3, -0.25) is 0 Å². The molecule has 7 atom stereocenters. The average molecular weight is 645 g/mol. The van der Waals surface area contributed by atoms with E-state index in [0.717, 1.165) is 37.8 Å². The van der Waals surface area contributed by atoms with E-state index in [1.807, 2.05) is 18.2 Å². The van der Waals surface area contributed by atoms with E-state index >= 15 is 0 Å². The van der Waals surface area contributed by atoms with Gasteiger partial charge in [-0.1, -0.05) is 29.8 Å². The van der Waals surface area contributed by atoms with Crippen LogP contribution in [-0.4, -0.2) is 66.9 Å². The van der Waals surface area contributed by atoms with Crippen LogP contribution in [0.2, 0.25) is 5.02 Å². The highest BCUT2D eigenvalue weighted by atomic mass is 35.5. The van der Waals surface area contributed by atoms with Gasteiger partial charge in [-0.2, -0.15) is 0 Å². The minimum Gasteiger partial charge on any atom is -0.490 e. The van der Waals surface area contributed by atoms with Crippen LogP contribution in [0.5, 0.6) is 5.75 Å². The summed E-state index contributed by atoms with van der Waals surface area (Å²) in [5, 5.41) is 36.3. The van der Waals surface area contributed by atoms with Crippen molar-refractivity contribution in [1.82, 2.24) is 0 Å². The molecule has 0 saturated heterocycles. The number of hydrogen-bond donors (Lipinski definition) is 4. The van der Waals surface area contributed by atoms with Gasteiger partial charge in [0.2, 0.25) is 10.0 Å². The number of ether oxygens (including phenoxy) is 1. The standard InChI is InChI=1S/C33H41ClN2O7S/c34-24-8-10-27-20(13-24)4-2-12-33(27)18-36(28-15-22(32(39)40)7-11-30(28)43-19-33)17-23-6-9-26(23)29(38)5-1-3-21-14-25(37)16-31(21)44(35,41)42/h1,5,7-8,10-11,13,15,21,23,25-26,29,31,37-38H,2-4,6,9,12,14,16-19H2,(H,39,40)(H2,35,41,42)/b5-1+/t21-,23+,25-,26-,29?,31-,33+/m1/s1. The quantitative estimate of drug-likeness (QED) is 0.311. The van der Waals surface area contributed by atoms with Crippen LogP contribution >= 0.6 is 11.6 Å². The maximum atomic E-state index is 12.0. The van der Waals surface area contributed by atoms with Crippen molar-refractivity contribution in [2.24, 2.45) is 22.9 Å². The number of fused-ring (bicyclic) bond motifs is 3. The first-order chi connectivity index (χ1) is 20.9. The number of rotatable bonds is 8. The number of nitrogens with zero attached hydrogens (tertiary/aromatic N) is 1. The zero-order valence-electron chi connectivity index (χ0n) is 24.6. The first kappa shape index (κ1) is 31.4. The topological polar surface area (TPSA) is 150 Å². The van der Waals surface area contributed by atoms with Gasteiger partial charge in [-0.05, 0) is 111 Å². The molecule has 9 nitrogen and oxygen atoms in total. The second-order valence-corrected chi connectivity index (χ2v) is 15.5. The summed E-state index contributed by atoms with van der Waals surface area (Å²) < 4.78 is 30.4. The number of carboxylic acids is 1. The van der Waals surface area contributed by atoms with Crippen LogP contribution in [0, 0.1) is 17.8 Å². The molecule has 5 N–H and O–H groups in total. The molecule has 0 bridgehead atoms. The van der Waals surface area contributed by atoms with Gasteiger partial charge >= 0.3 is 5.97 Å². The third-order valence-electron chi connectivity index (χ3n) is 10.5. The van der Waals surface area contributed by atoms with Gasteiger partial charge in [0.05, 0.1) is 35.3 Å². The van der Waals surface area contributed by atoms with E-state index in [1.165, 1.54) is 11.1 Å². The van der Waals surface area contributed by atoms with Crippen LogP contribution in [0.3, 0.4) is 0 Å². The molecule has 44 heavy (non-hydrogen) atoms. The fourth-order valence-electron chi connectivity index (χ4n) is 8.05. The molecule has 3 aliphatic carbocycles. The van der Waals surface area contributed by atoms with Gasteiger partial charge in [0.1, 0.15) is 5.75 Å². The van der Waals surface area contributed by atoms with Crippen molar-refractivity contribution in [3.63, 3.8) is 0 Å². The molecule has 2 aromatic carbocycles. The molecule has 1 aliphatic heterocycles. The summed E-state index contributed by atoms with van der Waals surface area (Å²) in [6, 6.07) is 11.1. The molecule has 6 rings (SSSR count). The third kappa shape index (κ3) is 6.24. The van der Waals surface area contributed by atoms with Gasteiger partial charge in [0.25, 0.3) is 0 Å². The van der Waals surface area contributed by atoms with E-state index in [4.69, 9.17) is 21.5 Å². The predicted octanol–water partition coefficient (Wildman–Crippen LogP) is 4.27. The molecule has 0 radical (unpaired) electrons. The number of carbonyl (C=O) groups is 1. The van der Waals surface area contributed by atoms with Gasteiger partial charge in [-0.25, -0.2) is 18.4 Å². The average Bonchev–Trinajstić information content (AvgIpc) is 3.26. The van der Waals surface area contributed by atoms with E-state index in [2.05, 4.69) is 11.0 Å². The second kappa shape index (κ2) is 12.3. The fourth-order valence-corrected chi connectivity index (χ4v) is 9.49. The zero-order valence-corrected chi connectivity index (χ0v) is 26.2. The highest BCUT2D eigenvalue weighted by Crippen LogP contribution is 2.47. The Morgan fingerprint density at radius 3 is 2.73 bits per heavy atom. The van der Waals surface area contributed by atoms with E-state index in [1.54, 1.807) is 24.3 Å². The Kier molecular flexibility index (Phi) is 8.75. The molecule has 1 unspecified atom stereocenters. The van der Waals surface area contributed by atoms with Crippen LogP contribution < -0.4 is 14.8 Å². The second-order valence-electron chi connectivity index (χ2n) is 13.3. The van der Waals surface area contributed by atoms with Crippen LogP contribution in [0.25, 0.3) is 0 Å². The number of sulfonamides is 1. The summed E-state index contributed by atoms with van der Waals surface area (Å²) in [5.74, 6) is -0.427. The van der Waals surface area contributed by atoms with Gasteiger partial charge in [0, 0.05) is 23.5 Å². The Hall–Kier alpha value is -2.63. The van der Waals surface area contributed by atoms with Crippen LogP contribution in [0.1, 0.15) is 66.4 Å². The third-order valence-corrected chi connectivity index (χ3v) is 12.1. The first-order valence-corrected chi connectivity index (χ1v) is 17.5. The molecular formula is C33H41ClN2O7S. The van der Waals surface area contributed by atoms with Crippen molar-refractivity contribution in [2.45, 2.75) is 74.2 Å². The number of nitrogens with two attached hydrogens (primary N) is 1. The van der Waals surface area contributed by atoms with Crippen LogP contribution in [0.4, 0.5) is 5.69 Å². The summed E-state index contributed by atoms with van der Waals surface area (Å²) in [5.41, 5.74) is 3.13. The number of aryl methyl sites for hydroxylation is 1. The number of anilines is 1. The normalized spacial score (nSPS) is 30.7. The molecule has 238 valence electrons. The lowest BCUT2D eigenvalue weighted by Crippen LogP contribution is -2.49. The molecule has 1 spiro atoms. The summed E-state index contributed by atoms with van der Waals surface area (Å²) >= 11 is 6.36. The Morgan fingerprint density at radius 2 is 2.00 bits per heavy atom. The SMILES string of the molecule is NS(=O)(=O)[C@@H]1C[C@H](O)C[C@H]1C/C=C/C(O)[C@@H]1CC[C@H]1CN1C[C@@]2(CCCc3cc(Cl)ccc32)COc2ccc(C(=O)O)cc21. The number of halogens is 1. The molecule has 11 heteroatoms. The van der Waals surface area contributed by atoms with Crippen molar-refractivity contribution >= 4 is 33.3 Å². The molecule has 0 amide bonds. The van der Waals surface area contributed by atoms with Gasteiger partial charge < -0.3 is 25.0 Å². The highest BCUT2D eigenvalue weighted by Gasteiger charge is 2.44. The van der Waals surface area contributed by atoms with Crippen molar-refractivity contribution in [3.05, 3.63) is 70.3 Å². The zero-order chi connectivity index (χ0) is 31.2. The fraction of sp³-hybridized carbons (Fsp3) is 0.545. The molecule has 1 heterocycles. The van der Waals surface area contributed by atoms with Crippen LogP contribution in [0.15, 0.2) is 48.6 Å². The molecule has 0 aromatic heterocycles. The number of carboxylic acid groups (broad SMARTS) is 1. The Morgan fingerprint density at radius 1 is 1.18 bits per heavy atom.